The van der Waals surface area contributed by atoms with Crippen LogP contribution < -0.4 is 15.0 Å². The molecule has 7 heteroatoms. The Morgan fingerprint density at radius 3 is 2.80 bits per heavy atom. The van der Waals surface area contributed by atoms with Gasteiger partial charge in [0.1, 0.15) is 22.7 Å². The van der Waals surface area contributed by atoms with Crippen molar-refractivity contribution in [2.75, 3.05) is 14.2 Å². The first-order valence-electron chi connectivity index (χ1n) is 9.90. The predicted molar refractivity (Wildman–Crippen MR) is 121 cm³/mol. The second-order valence-electron chi connectivity index (χ2n) is 7.30. The first-order valence-corrected chi connectivity index (χ1v) is 10.7. The van der Waals surface area contributed by atoms with Crippen molar-refractivity contribution < 1.29 is 9.47 Å². The van der Waals surface area contributed by atoms with Crippen molar-refractivity contribution in [3.05, 3.63) is 63.0 Å². The van der Waals surface area contributed by atoms with Crippen LogP contribution in [-0.4, -0.2) is 30.1 Å². The molecule has 0 saturated heterocycles. The Labute approximate surface area is 177 Å². The highest BCUT2D eigenvalue weighted by Crippen LogP contribution is 2.33. The monoisotopic (exact) mass is 419 g/mol. The fourth-order valence-corrected chi connectivity index (χ4v) is 5.30. The molecule has 6 nitrogen and oxygen atoms in total. The fraction of sp³-hybridized carbons (Fsp3) is 0.261. The van der Waals surface area contributed by atoms with Crippen molar-refractivity contribution in [1.82, 2.24) is 9.66 Å². The smallest absolute Gasteiger partial charge is 0.282 e. The maximum atomic E-state index is 13.2. The van der Waals surface area contributed by atoms with Crippen LogP contribution in [0.3, 0.4) is 0 Å². The van der Waals surface area contributed by atoms with Crippen LogP contribution in [0.5, 0.6) is 11.5 Å². The summed E-state index contributed by atoms with van der Waals surface area (Å²) in [5.41, 5.74) is 1.83. The number of methoxy groups -OCH3 is 2. The third-order valence-corrected chi connectivity index (χ3v) is 6.82. The van der Waals surface area contributed by atoms with E-state index in [1.807, 2.05) is 30.3 Å². The summed E-state index contributed by atoms with van der Waals surface area (Å²) < 4.78 is 12.2. The van der Waals surface area contributed by atoms with Crippen molar-refractivity contribution in [1.29, 1.82) is 0 Å². The fourth-order valence-electron chi connectivity index (χ4n) is 4.08. The van der Waals surface area contributed by atoms with Crippen molar-refractivity contribution in [3.63, 3.8) is 0 Å². The zero-order valence-corrected chi connectivity index (χ0v) is 17.7. The van der Waals surface area contributed by atoms with Gasteiger partial charge in [0.15, 0.2) is 0 Å². The number of rotatable bonds is 4. The molecule has 2 heterocycles. The van der Waals surface area contributed by atoms with Gasteiger partial charge in [0.05, 0.1) is 25.8 Å². The number of aromatic nitrogens is 2. The van der Waals surface area contributed by atoms with Crippen LogP contribution >= 0.6 is 11.3 Å². The van der Waals surface area contributed by atoms with Crippen molar-refractivity contribution in [2.24, 2.45) is 5.10 Å². The van der Waals surface area contributed by atoms with Gasteiger partial charge in [-0.05, 0) is 60.2 Å². The summed E-state index contributed by atoms with van der Waals surface area (Å²) in [7, 11) is 3.26. The number of ether oxygens (including phenoxy) is 2. The lowest BCUT2D eigenvalue weighted by molar-refractivity contribution is 0.413. The molecule has 2 aromatic heterocycles. The lowest BCUT2D eigenvalue weighted by Crippen LogP contribution is -2.18. The number of thiophene rings is 1. The summed E-state index contributed by atoms with van der Waals surface area (Å²) in [6, 6.07) is 9.73. The Morgan fingerprint density at radius 1 is 1.13 bits per heavy atom. The molecule has 0 saturated carbocycles. The zero-order chi connectivity index (χ0) is 20.7. The van der Waals surface area contributed by atoms with E-state index in [4.69, 9.17) is 9.47 Å². The van der Waals surface area contributed by atoms with E-state index in [0.29, 0.717) is 5.75 Å². The van der Waals surface area contributed by atoms with Crippen molar-refractivity contribution in [3.8, 4) is 11.5 Å². The first kappa shape index (κ1) is 18.8. The van der Waals surface area contributed by atoms with E-state index in [-0.39, 0.29) is 5.56 Å². The highest BCUT2D eigenvalue weighted by atomic mass is 32.1. The lowest BCUT2D eigenvalue weighted by atomic mass is 9.97. The van der Waals surface area contributed by atoms with E-state index >= 15 is 0 Å². The molecule has 152 valence electrons. The Bertz CT molecular complexity index is 1350. The van der Waals surface area contributed by atoms with Crippen LogP contribution in [0.1, 0.15) is 28.8 Å². The van der Waals surface area contributed by atoms with Gasteiger partial charge in [-0.3, -0.25) is 4.79 Å². The van der Waals surface area contributed by atoms with Crippen molar-refractivity contribution >= 4 is 38.5 Å². The van der Waals surface area contributed by atoms with Gasteiger partial charge in [0.25, 0.3) is 5.56 Å². The maximum absolute atomic E-state index is 13.2. The Kier molecular flexibility index (Phi) is 4.75. The summed E-state index contributed by atoms with van der Waals surface area (Å²) in [6.45, 7) is 0. The molecule has 0 N–H and O–H groups in total. The maximum Gasteiger partial charge on any atom is 0.282 e. The van der Waals surface area contributed by atoms with E-state index in [1.54, 1.807) is 31.8 Å². The van der Waals surface area contributed by atoms with Gasteiger partial charge in [-0.25, -0.2) is 4.98 Å². The van der Waals surface area contributed by atoms with Gasteiger partial charge in [0.2, 0.25) is 0 Å². The molecule has 0 spiro atoms. The van der Waals surface area contributed by atoms with Crippen LogP contribution in [0, 0.1) is 0 Å². The van der Waals surface area contributed by atoms with E-state index in [2.05, 4.69) is 10.1 Å². The van der Waals surface area contributed by atoms with Gasteiger partial charge in [-0.2, -0.15) is 9.78 Å². The molecule has 0 radical (unpaired) electrons. The topological polar surface area (TPSA) is 65.7 Å². The summed E-state index contributed by atoms with van der Waals surface area (Å²) in [4.78, 5) is 19.8. The summed E-state index contributed by atoms with van der Waals surface area (Å²) in [5, 5.41) is 7.16. The third-order valence-electron chi connectivity index (χ3n) is 5.62. The normalized spacial score (nSPS) is 13.8. The van der Waals surface area contributed by atoms with Gasteiger partial charge < -0.3 is 9.47 Å². The highest BCUT2D eigenvalue weighted by molar-refractivity contribution is 7.18. The van der Waals surface area contributed by atoms with E-state index in [9.17, 15) is 4.79 Å². The molecule has 1 aliphatic rings. The van der Waals surface area contributed by atoms with E-state index in [1.165, 1.54) is 22.3 Å². The van der Waals surface area contributed by atoms with Gasteiger partial charge in [-0.1, -0.05) is 12.1 Å². The molecule has 0 atom stereocenters. The average Bonchev–Trinajstić information content (AvgIpc) is 3.17. The molecule has 30 heavy (non-hydrogen) atoms. The van der Waals surface area contributed by atoms with Crippen LogP contribution in [-0.2, 0) is 12.8 Å². The van der Waals surface area contributed by atoms with Crippen LogP contribution in [0.25, 0.3) is 21.0 Å². The summed E-state index contributed by atoms with van der Waals surface area (Å²) in [6.07, 6.45) is 7.43. The Morgan fingerprint density at radius 2 is 1.97 bits per heavy atom. The van der Waals surface area contributed by atoms with E-state index in [0.717, 1.165) is 57.1 Å². The lowest BCUT2D eigenvalue weighted by Gasteiger charge is -2.10. The Balaban J connectivity index is 1.65. The second kappa shape index (κ2) is 7.57. The molecule has 0 fully saturated rings. The van der Waals surface area contributed by atoms with Crippen LogP contribution in [0.15, 0.2) is 46.6 Å². The van der Waals surface area contributed by atoms with Crippen LogP contribution in [0.2, 0.25) is 0 Å². The molecule has 0 unspecified atom stereocenters. The molecule has 4 aromatic rings. The van der Waals surface area contributed by atoms with Crippen LogP contribution in [0.4, 0.5) is 0 Å². The summed E-state index contributed by atoms with van der Waals surface area (Å²) in [5.74, 6) is 1.42. The number of hydrogen-bond donors (Lipinski definition) is 0. The number of benzene rings is 2. The SMILES string of the molecule is COc1ccc2ccc(OC)c(C=Nn3cnc4sc5c(c4c3=O)CCCC5)c2c1. The second-order valence-corrected chi connectivity index (χ2v) is 8.38. The highest BCUT2D eigenvalue weighted by Gasteiger charge is 2.20. The standard InChI is InChI=1S/C23H21N3O3S/c1-28-15-9-7-14-8-10-19(29-2)18(17(14)11-15)12-25-26-13-24-22-21(23(26)27)16-5-3-4-6-20(16)30-22/h7-13H,3-6H2,1-2H3. The molecule has 2 aromatic carbocycles. The minimum Gasteiger partial charge on any atom is -0.497 e. The molecule has 0 aliphatic heterocycles. The molecule has 0 bridgehead atoms. The third kappa shape index (κ3) is 3.06. The molecular formula is C23H21N3O3S. The quantitative estimate of drug-likeness (QED) is 0.460. The number of aryl methyl sites for hydroxylation is 2. The molecule has 1 aliphatic carbocycles. The minimum absolute atomic E-state index is 0.118. The largest absolute Gasteiger partial charge is 0.497 e. The van der Waals surface area contributed by atoms with Crippen molar-refractivity contribution in [2.45, 2.75) is 25.7 Å². The number of fused-ring (bicyclic) bond motifs is 4. The van der Waals surface area contributed by atoms with Gasteiger partial charge in [-0.15, -0.1) is 11.3 Å². The minimum atomic E-state index is -0.118. The predicted octanol–water partition coefficient (Wildman–Crippen LogP) is 4.39. The molecule has 5 rings (SSSR count). The molecular weight excluding hydrogens is 398 g/mol. The van der Waals surface area contributed by atoms with Gasteiger partial charge >= 0.3 is 0 Å². The number of hydrogen-bond acceptors (Lipinski definition) is 6. The summed E-state index contributed by atoms with van der Waals surface area (Å²) >= 11 is 1.64. The number of nitrogens with zero attached hydrogens (tertiary/aromatic N) is 3. The Hall–Kier alpha value is -3.19. The molecule has 0 amide bonds. The van der Waals surface area contributed by atoms with Gasteiger partial charge in [0, 0.05) is 10.4 Å². The zero-order valence-electron chi connectivity index (χ0n) is 16.8. The van der Waals surface area contributed by atoms with E-state index < -0.39 is 0 Å². The first-order chi connectivity index (χ1) is 14.7. The average molecular weight is 420 g/mol.